The number of hydrogen-bond donors (Lipinski definition) is 1. The van der Waals surface area contributed by atoms with Crippen molar-refractivity contribution >= 4 is 43.5 Å². The van der Waals surface area contributed by atoms with E-state index in [9.17, 15) is 18.0 Å². The highest BCUT2D eigenvalue weighted by atomic mass is 79.9. The Hall–Kier alpha value is -3.17. The molecule has 0 radical (unpaired) electrons. The molecule has 40 heavy (non-hydrogen) atoms. The Balaban J connectivity index is 1.70. The van der Waals surface area contributed by atoms with Gasteiger partial charge in [0.15, 0.2) is 0 Å². The minimum absolute atomic E-state index is 0.0823. The van der Waals surface area contributed by atoms with Gasteiger partial charge in [0.25, 0.3) is 10.0 Å². The number of rotatable bonds is 11. The molecular weight excluding hydrogens is 590 g/mol. The SMILES string of the molecule is CC[C@@H](C(=O)NC1CCCC1)N(Cc1ccc(C)cc1)C(=O)CN(c1cccc(Br)c1)S(=O)(=O)c1ccccc1. The molecule has 1 aliphatic rings. The molecule has 7 nitrogen and oxygen atoms in total. The Morgan fingerprint density at radius 1 is 0.975 bits per heavy atom. The van der Waals surface area contributed by atoms with Crippen LogP contribution in [0.5, 0.6) is 0 Å². The highest BCUT2D eigenvalue weighted by Crippen LogP contribution is 2.27. The number of nitrogens with one attached hydrogen (secondary N) is 1. The van der Waals surface area contributed by atoms with Gasteiger partial charge in [0.1, 0.15) is 12.6 Å². The molecule has 9 heteroatoms. The minimum atomic E-state index is -4.08. The Morgan fingerprint density at radius 2 is 1.65 bits per heavy atom. The predicted molar refractivity (Wildman–Crippen MR) is 161 cm³/mol. The van der Waals surface area contributed by atoms with Crippen LogP contribution in [0.2, 0.25) is 0 Å². The molecular formula is C31H36BrN3O4S. The van der Waals surface area contributed by atoms with Crippen molar-refractivity contribution in [1.82, 2.24) is 10.2 Å². The van der Waals surface area contributed by atoms with Crippen LogP contribution in [-0.4, -0.2) is 43.8 Å². The first-order valence-corrected chi connectivity index (χ1v) is 15.9. The van der Waals surface area contributed by atoms with Crippen molar-refractivity contribution in [2.75, 3.05) is 10.8 Å². The number of hydrogen-bond acceptors (Lipinski definition) is 4. The Kier molecular flexibility index (Phi) is 10.0. The molecule has 1 aliphatic carbocycles. The van der Waals surface area contributed by atoms with E-state index < -0.39 is 28.5 Å². The Labute approximate surface area is 245 Å². The maximum atomic E-state index is 14.1. The lowest BCUT2D eigenvalue weighted by Crippen LogP contribution is -2.53. The van der Waals surface area contributed by atoms with Crippen LogP contribution in [-0.2, 0) is 26.2 Å². The molecule has 4 rings (SSSR count). The lowest BCUT2D eigenvalue weighted by molar-refractivity contribution is -0.140. The summed E-state index contributed by atoms with van der Waals surface area (Å²) in [5.74, 6) is -0.650. The average molecular weight is 627 g/mol. The summed E-state index contributed by atoms with van der Waals surface area (Å²) >= 11 is 3.42. The summed E-state index contributed by atoms with van der Waals surface area (Å²) in [6.45, 7) is 3.60. The zero-order valence-corrected chi connectivity index (χ0v) is 25.3. The van der Waals surface area contributed by atoms with Gasteiger partial charge in [0.2, 0.25) is 11.8 Å². The van der Waals surface area contributed by atoms with E-state index in [2.05, 4.69) is 21.2 Å². The fourth-order valence-electron chi connectivity index (χ4n) is 5.06. The molecule has 0 unspecified atom stereocenters. The van der Waals surface area contributed by atoms with E-state index in [-0.39, 0.29) is 23.4 Å². The zero-order valence-electron chi connectivity index (χ0n) is 22.9. The smallest absolute Gasteiger partial charge is 0.264 e. The topological polar surface area (TPSA) is 86.8 Å². The molecule has 212 valence electrons. The number of carbonyl (C=O) groups is 2. The number of sulfonamides is 1. The number of halogens is 1. The summed E-state index contributed by atoms with van der Waals surface area (Å²) in [6, 6.07) is 22.1. The first kappa shape index (κ1) is 29.8. The van der Waals surface area contributed by atoms with Gasteiger partial charge in [0, 0.05) is 17.1 Å². The van der Waals surface area contributed by atoms with Crippen LogP contribution in [0.15, 0.2) is 88.2 Å². The molecule has 0 aromatic heterocycles. The van der Waals surface area contributed by atoms with Gasteiger partial charge in [-0.3, -0.25) is 13.9 Å². The third kappa shape index (κ3) is 7.31. The molecule has 0 bridgehead atoms. The van der Waals surface area contributed by atoms with Crippen LogP contribution in [0, 0.1) is 6.92 Å². The molecule has 1 N–H and O–H groups in total. The number of aryl methyl sites for hydroxylation is 1. The number of nitrogens with zero attached hydrogens (tertiary/aromatic N) is 2. The Bertz CT molecular complexity index is 1410. The van der Waals surface area contributed by atoms with E-state index in [4.69, 9.17) is 0 Å². The highest BCUT2D eigenvalue weighted by Gasteiger charge is 2.34. The molecule has 1 atom stereocenters. The predicted octanol–water partition coefficient (Wildman–Crippen LogP) is 5.82. The normalized spacial score (nSPS) is 14.5. The molecule has 0 spiro atoms. The quantitative estimate of drug-likeness (QED) is 0.291. The van der Waals surface area contributed by atoms with Crippen LogP contribution in [0.1, 0.15) is 50.2 Å². The van der Waals surface area contributed by atoms with Crippen molar-refractivity contribution in [3.8, 4) is 0 Å². The Morgan fingerprint density at radius 3 is 2.27 bits per heavy atom. The number of amides is 2. The second kappa shape index (κ2) is 13.5. The van der Waals surface area contributed by atoms with E-state index in [0.29, 0.717) is 16.6 Å². The van der Waals surface area contributed by atoms with Gasteiger partial charge < -0.3 is 10.2 Å². The largest absolute Gasteiger partial charge is 0.352 e. The summed E-state index contributed by atoms with van der Waals surface area (Å²) in [7, 11) is -4.08. The van der Waals surface area contributed by atoms with Crippen LogP contribution in [0.3, 0.4) is 0 Å². The maximum absolute atomic E-state index is 14.1. The van der Waals surface area contributed by atoms with Crippen molar-refractivity contribution in [1.29, 1.82) is 0 Å². The van der Waals surface area contributed by atoms with E-state index in [1.54, 1.807) is 42.5 Å². The fraction of sp³-hybridized carbons (Fsp3) is 0.355. The van der Waals surface area contributed by atoms with Crippen molar-refractivity contribution in [2.24, 2.45) is 0 Å². The maximum Gasteiger partial charge on any atom is 0.264 e. The lowest BCUT2D eigenvalue weighted by atomic mass is 10.1. The summed E-state index contributed by atoms with van der Waals surface area (Å²) in [5, 5.41) is 3.14. The highest BCUT2D eigenvalue weighted by molar-refractivity contribution is 9.10. The zero-order chi connectivity index (χ0) is 28.7. The van der Waals surface area contributed by atoms with Crippen LogP contribution in [0.25, 0.3) is 0 Å². The molecule has 3 aromatic carbocycles. The van der Waals surface area contributed by atoms with Gasteiger partial charge in [-0.1, -0.05) is 89.8 Å². The number of benzene rings is 3. The molecule has 0 saturated heterocycles. The molecule has 2 amide bonds. The summed E-state index contributed by atoms with van der Waals surface area (Å²) in [6.07, 6.45) is 4.41. The molecule has 3 aromatic rings. The molecule has 0 aliphatic heterocycles. The summed E-state index contributed by atoms with van der Waals surface area (Å²) < 4.78 is 29.5. The number of carbonyl (C=O) groups excluding carboxylic acids is 2. The first-order valence-electron chi connectivity index (χ1n) is 13.7. The fourth-order valence-corrected chi connectivity index (χ4v) is 6.87. The second-order valence-electron chi connectivity index (χ2n) is 10.2. The van der Waals surface area contributed by atoms with Crippen LogP contribution < -0.4 is 9.62 Å². The second-order valence-corrected chi connectivity index (χ2v) is 13.0. The lowest BCUT2D eigenvalue weighted by Gasteiger charge is -2.33. The van der Waals surface area contributed by atoms with Gasteiger partial charge in [-0.15, -0.1) is 0 Å². The van der Waals surface area contributed by atoms with Crippen molar-refractivity contribution < 1.29 is 18.0 Å². The van der Waals surface area contributed by atoms with Gasteiger partial charge in [-0.25, -0.2) is 8.42 Å². The van der Waals surface area contributed by atoms with Crippen LogP contribution in [0.4, 0.5) is 5.69 Å². The summed E-state index contributed by atoms with van der Waals surface area (Å²) in [5.41, 5.74) is 2.30. The van der Waals surface area contributed by atoms with Crippen molar-refractivity contribution in [3.05, 3.63) is 94.5 Å². The van der Waals surface area contributed by atoms with E-state index in [1.165, 1.54) is 17.0 Å². The van der Waals surface area contributed by atoms with Gasteiger partial charge in [-0.05, 0) is 62.1 Å². The average Bonchev–Trinajstić information content (AvgIpc) is 3.46. The minimum Gasteiger partial charge on any atom is -0.352 e. The van der Waals surface area contributed by atoms with Gasteiger partial charge >= 0.3 is 0 Å². The van der Waals surface area contributed by atoms with Crippen molar-refractivity contribution in [2.45, 2.75) is 69.5 Å². The molecule has 0 heterocycles. The molecule has 1 fully saturated rings. The van der Waals surface area contributed by atoms with E-state index in [1.807, 2.05) is 38.1 Å². The standard InChI is InChI=1S/C31H36BrN3O4S/c1-3-29(31(37)33-26-11-7-8-12-26)34(21-24-18-16-23(2)17-19-24)30(36)22-35(27-13-9-10-25(32)20-27)40(38,39)28-14-5-4-6-15-28/h4-6,9-10,13-20,26,29H,3,7-8,11-12,21-22H2,1-2H3,(H,33,37)/t29-/m0/s1. The number of anilines is 1. The molecule has 1 saturated carbocycles. The third-order valence-corrected chi connectivity index (χ3v) is 9.55. The third-order valence-electron chi connectivity index (χ3n) is 7.27. The van der Waals surface area contributed by atoms with Gasteiger partial charge in [0.05, 0.1) is 10.6 Å². The monoisotopic (exact) mass is 625 g/mol. The van der Waals surface area contributed by atoms with Crippen LogP contribution >= 0.6 is 15.9 Å². The van der Waals surface area contributed by atoms with Crippen molar-refractivity contribution in [3.63, 3.8) is 0 Å². The van der Waals surface area contributed by atoms with E-state index >= 15 is 0 Å². The first-order chi connectivity index (χ1) is 19.2. The van der Waals surface area contributed by atoms with Gasteiger partial charge in [-0.2, -0.15) is 0 Å². The summed E-state index contributed by atoms with van der Waals surface area (Å²) in [4.78, 5) is 29.2. The van der Waals surface area contributed by atoms with E-state index in [0.717, 1.165) is 41.1 Å².